The number of thiocarbonyl (C=S) groups is 1. The molecule has 1 unspecified atom stereocenters. The Kier molecular flexibility index (Phi) is 4.41. The summed E-state index contributed by atoms with van der Waals surface area (Å²) in [7, 11) is 1.61. The van der Waals surface area contributed by atoms with Gasteiger partial charge in [-0.1, -0.05) is 12.2 Å². The number of hydrogen-bond donors (Lipinski definition) is 1. The van der Waals surface area contributed by atoms with Crippen molar-refractivity contribution in [2.24, 2.45) is 11.7 Å². The second kappa shape index (κ2) is 5.25. The van der Waals surface area contributed by atoms with Gasteiger partial charge in [0.05, 0.1) is 11.0 Å². The molecule has 0 aliphatic heterocycles. The average Bonchev–Trinajstić information content (AvgIpc) is 2.26. The molecule has 0 radical (unpaired) electrons. The summed E-state index contributed by atoms with van der Waals surface area (Å²) >= 11 is 4.82. The van der Waals surface area contributed by atoms with Gasteiger partial charge in [-0.3, -0.25) is 4.79 Å². The van der Waals surface area contributed by atoms with Gasteiger partial charge < -0.3 is 10.6 Å². The second-order valence-electron chi connectivity index (χ2n) is 4.66. The number of likely N-dealkylation sites (N-methyl/N-ethyl adjacent to an activating group) is 1. The number of rotatable bonds is 3. The topological polar surface area (TPSA) is 46.3 Å². The molecule has 1 rings (SSSR count). The maximum absolute atomic E-state index is 13.0. The van der Waals surface area contributed by atoms with Crippen LogP contribution in [-0.4, -0.2) is 34.8 Å². The van der Waals surface area contributed by atoms with Gasteiger partial charge in [-0.2, -0.15) is 0 Å². The summed E-state index contributed by atoms with van der Waals surface area (Å²) in [5, 5.41) is 0. The largest absolute Gasteiger partial charge is 0.392 e. The molecule has 17 heavy (non-hydrogen) atoms. The van der Waals surface area contributed by atoms with Crippen LogP contribution in [0, 0.1) is 5.92 Å². The summed E-state index contributed by atoms with van der Waals surface area (Å²) in [4.78, 5) is 13.7. The SMILES string of the molecule is CC(C(N)=S)N(C)C(=O)C1CCC(F)(F)CC1. The predicted octanol–water partition coefficient (Wildman–Crippen LogP) is 1.94. The molecule has 0 heterocycles. The predicted molar refractivity (Wildman–Crippen MR) is 65.9 cm³/mol. The summed E-state index contributed by atoms with van der Waals surface area (Å²) in [5.41, 5.74) is 5.46. The smallest absolute Gasteiger partial charge is 0.248 e. The number of nitrogens with zero attached hydrogens (tertiary/aromatic N) is 1. The van der Waals surface area contributed by atoms with Crippen molar-refractivity contribution >= 4 is 23.1 Å². The van der Waals surface area contributed by atoms with Crippen LogP contribution in [-0.2, 0) is 4.79 Å². The third-order valence-corrected chi connectivity index (χ3v) is 3.75. The maximum atomic E-state index is 13.0. The van der Waals surface area contributed by atoms with E-state index in [0.717, 1.165) is 0 Å². The average molecular weight is 264 g/mol. The highest BCUT2D eigenvalue weighted by atomic mass is 32.1. The van der Waals surface area contributed by atoms with Crippen LogP contribution in [0.4, 0.5) is 8.78 Å². The lowest BCUT2D eigenvalue weighted by atomic mass is 9.86. The van der Waals surface area contributed by atoms with Gasteiger partial charge in [0.15, 0.2) is 0 Å². The Morgan fingerprint density at radius 1 is 1.47 bits per heavy atom. The van der Waals surface area contributed by atoms with Crippen LogP contribution in [0.5, 0.6) is 0 Å². The van der Waals surface area contributed by atoms with E-state index in [1.165, 1.54) is 4.90 Å². The van der Waals surface area contributed by atoms with E-state index >= 15 is 0 Å². The Bertz CT molecular complexity index is 313. The Morgan fingerprint density at radius 2 is 1.94 bits per heavy atom. The molecule has 6 heteroatoms. The van der Waals surface area contributed by atoms with Gasteiger partial charge in [0, 0.05) is 25.8 Å². The van der Waals surface area contributed by atoms with Crippen LogP contribution in [0.2, 0.25) is 0 Å². The first-order valence-corrected chi connectivity index (χ1v) is 6.09. The zero-order valence-corrected chi connectivity index (χ0v) is 10.9. The summed E-state index contributed by atoms with van der Waals surface area (Å²) in [5.74, 6) is -3.07. The molecule has 1 atom stereocenters. The number of carbonyl (C=O) groups is 1. The molecule has 0 spiro atoms. The quantitative estimate of drug-likeness (QED) is 0.792. The second-order valence-corrected chi connectivity index (χ2v) is 5.13. The molecule has 0 bridgehead atoms. The van der Waals surface area contributed by atoms with E-state index in [-0.39, 0.29) is 48.5 Å². The number of hydrogen-bond acceptors (Lipinski definition) is 2. The number of amides is 1. The highest BCUT2D eigenvalue weighted by Crippen LogP contribution is 2.36. The van der Waals surface area contributed by atoms with Crippen molar-refractivity contribution in [3.63, 3.8) is 0 Å². The van der Waals surface area contributed by atoms with Crippen molar-refractivity contribution in [2.75, 3.05) is 7.05 Å². The Labute approximate surface area is 105 Å². The van der Waals surface area contributed by atoms with Gasteiger partial charge in [0.25, 0.3) is 0 Å². The molecule has 98 valence electrons. The van der Waals surface area contributed by atoms with Crippen molar-refractivity contribution in [1.29, 1.82) is 0 Å². The summed E-state index contributed by atoms with van der Waals surface area (Å²) in [6.45, 7) is 1.73. The summed E-state index contributed by atoms with van der Waals surface area (Å²) in [6.07, 6.45) is 0.0534. The van der Waals surface area contributed by atoms with Gasteiger partial charge >= 0.3 is 0 Å². The Morgan fingerprint density at radius 3 is 2.35 bits per heavy atom. The third kappa shape index (κ3) is 3.59. The summed E-state index contributed by atoms with van der Waals surface area (Å²) in [6, 6.07) is -0.333. The highest BCUT2D eigenvalue weighted by Gasteiger charge is 2.38. The number of nitrogens with two attached hydrogens (primary N) is 1. The standard InChI is InChI=1S/C11H18F2N2OS/c1-7(9(14)17)15(2)10(16)8-3-5-11(12,13)6-4-8/h7-8H,3-6H2,1-2H3,(H2,14,17). The molecule has 1 fully saturated rings. The molecule has 2 N–H and O–H groups in total. The van der Waals surface area contributed by atoms with Crippen LogP contribution >= 0.6 is 12.2 Å². The van der Waals surface area contributed by atoms with E-state index < -0.39 is 5.92 Å². The van der Waals surface area contributed by atoms with Gasteiger partial charge in [-0.25, -0.2) is 8.78 Å². The molecule has 1 saturated carbocycles. The van der Waals surface area contributed by atoms with Gasteiger partial charge in [-0.15, -0.1) is 0 Å². The Hall–Kier alpha value is -0.780. The monoisotopic (exact) mass is 264 g/mol. The van der Waals surface area contributed by atoms with Crippen molar-refractivity contribution in [3.8, 4) is 0 Å². The van der Waals surface area contributed by atoms with E-state index in [2.05, 4.69) is 0 Å². The fourth-order valence-corrected chi connectivity index (χ4v) is 2.11. The first-order chi connectivity index (χ1) is 7.74. The van der Waals surface area contributed by atoms with Crippen LogP contribution in [0.1, 0.15) is 32.6 Å². The van der Waals surface area contributed by atoms with Gasteiger partial charge in [0.2, 0.25) is 11.8 Å². The molecule has 0 aromatic rings. The van der Waals surface area contributed by atoms with E-state index in [4.69, 9.17) is 18.0 Å². The van der Waals surface area contributed by atoms with Crippen LogP contribution < -0.4 is 5.73 Å². The van der Waals surface area contributed by atoms with Crippen molar-refractivity contribution in [1.82, 2.24) is 4.90 Å². The zero-order valence-electron chi connectivity index (χ0n) is 10.1. The normalized spacial score (nSPS) is 21.9. The minimum atomic E-state index is -2.61. The maximum Gasteiger partial charge on any atom is 0.248 e. The third-order valence-electron chi connectivity index (χ3n) is 3.41. The lowest BCUT2D eigenvalue weighted by molar-refractivity contribution is -0.139. The van der Waals surface area contributed by atoms with E-state index in [1.54, 1.807) is 14.0 Å². The fourth-order valence-electron chi connectivity index (χ4n) is 1.96. The molecular formula is C11H18F2N2OS. The van der Waals surface area contributed by atoms with Gasteiger partial charge in [-0.05, 0) is 19.8 Å². The molecule has 1 aliphatic rings. The minimum absolute atomic E-state index is 0.138. The molecule has 0 aromatic carbocycles. The first kappa shape index (κ1) is 14.3. The molecule has 1 amide bonds. The van der Waals surface area contributed by atoms with E-state index in [0.29, 0.717) is 0 Å². The van der Waals surface area contributed by atoms with Gasteiger partial charge in [0.1, 0.15) is 0 Å². The fraction of sp³-hybridized carbons (Fsp3) is 0.818. The van der Waals surface area contributed by atoms with Crippen LogP contribution in [0.25, 0.3) is 0 Å². The minimum Gasteiger partial charge on any atom is -0.392 e. The highest BCUT2D eigenvalue weighted by molar-refractivity contribution is 7.80. The molecular weight excluding hydrogens is 246 g/mol. The molecule has 0 aromatic heterocycles. The van der Waals surface area contributed by atoms with Crippen LogP contribution in [0.15, 0.2) is 0 Å². The number of carbonyl (C=O) groups excluding carboxylic acids is 1. The van der Waals surface area contributed by atoms with E-state index in [1.807, 2.05) is 0 Å². The lowest BCUT2D eigenvalue weighted by Gasteiger charge is -2.32. The molecule has 3 nitrogen and oxygen atoms in total. The Balaban J connectivity index is 2.57. The zero-order chi connectivity index (χ0) is 13.2. The lowest BCUT2D eigenvalue weighted by Crippen LogP contribution is -2.46. The summed E-state index contributed by atoms with van der Waals surface area (Å²) < 4.78 is 25.9. The van der Waals surface area contributed by atoms with Crippen molar-refractivity contribution < 1.29 is 13.6 Å². The van der Waals surface area contributed by atoms with Crippen molar-refractivity contribution in [3.05, 3.63) is 0 Å². The first-order valence-electron chi connectivity index (χ1n) is 5.68. The molecule has 0 saturated heterocycles. The van der Waals surface area contributed by atoms with Crippen LogP contribution in [0.3, 0.4) is 0 Å². The number of halogens is 2. The van der Waals surface area contributed by atoms with E-state index in [9.17, 15) is 13.6 Å². The molecule has 1 aliphatic carbocycles. The van der Waals surface area contributed by atoms with Crippen molar-refractivity contribution in [2.45, 2.75) is 44.6 Å². The number of alkyl halides is 2.